The van der Waals surface area contributed by atoms with E-state index in [1.165, 1.54) is 6.92 Å². The number of nitrogens with zero attached hydrogens (tertiary/aromatic N) is 2. The summed E-state index contributed by atoms with van der Waals surface area (Å²) in [6.07, 6.45) is 0.908. The molecule has 0 radical (unpaired) electrons. The van der Waals surface area contributed by atoms with Gasteiger partial charge < -0.3 is 5.32 Å². The highest BCUT2D eigenvalue weighted by Gasteiger charge is 2.16. The maximum atomic E-state index is 12.6. The second-order valence-electron chi connectivity index (χ2n) is 3.88. The lowest BCUT2D eigenvalue weighted by atomic mass is 10.2. The minimum Gasteiger partial charge on any atom is -0.375 e. The topological polar surface area (TPSA) is 29.9 Å². The molecule has 0 aliphatic heterocycles. The number of aromatic nitrogens is 2. The van der Waals surface area contributed by atoms with Gasteiger partial charge in [-0.2, -0.15) is 5.10 Å². The van der Waals surface area contributed by atoms with Crippen LogP contribution in [0.1, 0.15) is 6.92 Å². The first kappa shape index (κ1) is 12.8. The molecule has 2 aromatic rings. The lowest BCUT2D eigenvalue weighted by molar-refractivity contribution is 0.130. The van der Waals surface area contributed by atoms with E-state index in [0.29, 0.717) is 16.4 Å². The van der Waals surface area contributed by atoms with Gasteiger partial charge in [0.1, 0.15) is 0 Å². The molecule has 1 heterocycles. The van der Waals surface area contributed by atoms with E-state index in [1.807, 2.05) is 0 Å². The normalized spacial score (nSPS) is 12.7. The minimum absolute atomic E-state index is 0.481. The molecule has 2 rings (SSSR count). The van der Waals surface area contributed by atoms with Crippen molar-refractivity contribution in [3.63, 3.8) is 0 Å². The van der Waals surface area contributed by atoms with Crippen LogP contribution >= 0.6 is 11.6 Å². The SMILES string of the molecule is CC(Nc1cc(Cl)ccc1-n1cccn1)C(F)F. The molecular weight excluding hydrogens is 260 g/mol. The van der Waals surface area contributed by atoms with Crippen molar-refractivity contribution in [1.29, 1.82) is 0 Å². The first-order chi connectivity index (χ1) is 8.58. The van der Waals surface area contributed by atoms with Gasteiger partial charge in [-0.1, -0.05) is 11.6 Å². The smallest absolute Gasteiger partial charge is 0.258 e. The van der Waals surface area contributed by atoms with E-state index in [1.54, 1.807) is 41.3 Å². The van der Waals surface area contributed by atoms with Crippen LogP contribution in [0.4, 0.5) is 14.5 Å². The number of rotatable bonds is 4. The highest BCUT2D eigenvalue weighted by Crippen LogP contribution is 2.25. The molecule has 6 heteroatoms. The zero-order valence-corrected chi connectivity index (χ0v) is 10.4. The molecule has 3 nitrogen and oxygen atoms in total. The van der Waals surface area contributed by atoms with Crippen LogP contribution in [0.25, 0.3) is 5.69 Å². The highest BCUT2D eigenvalue weighted by molar-refractivity contribution is 6.31. The molecule has 0 bridgehead atoms. The van der Waals surface area contributed by atoms with Gasteiger partial charge in [0.2, 0.25) is 0 Å². The Kier molecular flexibility index (Phi) is 3.81. The predicted molar refractivity (Wildman–Crippen MR) is 67.7 cm³/mol. The van der Waals surface area contributed by atoms with Gasteiger partial charge in [0, 0.05) is 17.4 Å². The van der Waals surface area contributed by atoms with Gasteiger partial charge in [-0.25, -0.2) is 13.5 Å². The van der Waals surface area contributed by atoms with Crippen LogP contribution in [0.2, 0.25) is 5.02 Å². The number of nitrogens with one attached hydrogen (secondary N) is 1. The fourth-order valence-corrected chi connectivity index (χ4v) is 1.72. The standard InChI is InChI=1S/C12H12ClF2N3/c1-8(12(14)15)17-10-7-9(13)3-4-11(10)18-6-2-5-16-18/h2-8,12,17H,1H3. The van der Waals surface area contributed by atoms with Crippen LogP contribution in [0.15, 0.2) is 36.7 Å². The van der Waals surface area contributed by atoms with Crippen LogP contribution in [0, 0.1) is 0 Å². The number of hydrogen-bond donors (Lipinski definition) is 1. The summed E-state index contributed by atoms with van der Waals surface area (Å²) in [5.41, 5.74) is 1.20. The van der Waals surface area contributed by atoms with Crippen LogP contribution < -0.4 is 5.32 Å². The summed E-state index contributed by atoms with van der Waals surface area (Å²) in [7, 11) is 0. The van der Waals surface area contributed by atoms with Gasteiger partial charge in [-0.05, 0) is 31.2 Å². The van der Waals surface area contributed by atoms with Crippen molar-refractivity contribution in [2.45, 2.75) is 19.4 Å². The average molecular weight is 272 g/mol. The monoisotopic (exact) mass is 271 g/mol. The van der Waals surface area contributed by atoms with Gasteiger partial charge in [0.25, 0.3) is 6.43 Å². The largest absolute Gasteiger partial charge is 0.375 e. The summed E-state index contributed by atoms with van der Waals surface area (Å²) in [6, 6.07) is 5.83. The van der Waals surface area contributed by atoms with Crippen LogP contribution in [0.5, 0.6) is 0 Å². The summed E-state index contributed by atoms with van der Waals surface area (Å²) in [5.74, 6) is 0. The fourth-order valence-electron chi connectivity index (χ4n) is 1.54. The van der Waals surface area contributed by atoms with Crippen molar-refractivity contribution in [3.05, 3.63) is 41.7 Å². The molecule has 1 unspecified atom stereocenters. The second-order valence-corrected chi connectivity index (χ2v) is 4.32. The summed E-state index contributed by atoms with van der Waals surface area (Å²) in [5, 5.41) is 7.30. The van der Waals surface area contributed by atoms with E-state index in [2.05, 4.69) is 10.4 Å². The summed E-state index contributed by atoms with van der Waals surface area (Å²) in [4.78, 5) is 0. The molecule has 0 spiro atoms. The molecule has 96 valence electrons. The van der Waals surface area contributed by atoms with Gasteiger partial charge in [-0.15, -0.1) is 0 Å². The Labute approximate surface area is 108 Å². The van der Waals surface area contributed by atoms with E-state index < -0.39 is 12.5 Å². The molecule has 0 aliphatic rings. The van der Waals surface area contributed by atoms with Gasteiger partial charge in [-0.3, -0.25) is 0 Å². The molecule has 0 amide bonds. The molecule has 18 heavy (non-hydrogen) atoms. The minimum atomic E-state index is -2.45. The van der Waals surface area contributed by atoms with Crippen molar-refractivity contribution >= 4 is 17.3 Å². The predicted octanol–water partition coefficient (Wildman–Crippen LogP) is 3.59. The molecule has 0 saturated carbocycles. The Morgan fingerprint density at radius 3 is 2.78 bits per heavy atom. The molecule has 0 fully saturated rings. The van der Waals surface area contributed by atoms with Crippen molar-refractivity contribution in [1.82, 2.24) is 9.78 Å². The molecule has 1 atom stereocenters. The van der Waals surface area contributed by atoms with E-state index in [4.69, 9.17) is 11.6 Å². The molecule has 1 N–H and O–H groups in total. The third-order valence-corrected chi connectivity index (χ3v) is 2.71. The number of halogens is 3. The maximum Gasteiger partial charge on any atom is 0.258 e. The lowest BCUT2D eigenvalue weighted by Gasteiger charge is -2.17. The zero-order chi connectivity index (χ0) is 13.1. The van der Waals surface area contributed by atoms with E-state index in [0.717, 1.165) is 0 Å². The number of anilines is 1. The number of hydrogen-bond acceptors (Lipinski definition) is 2. The third kappa shape index (κ3) is 2.79. The van der Waals surface area contributed by atoms with E-state index in [-0.39, 0.29) is 0 Å². The van der Waals surface area contributed by atoms with Crippen LogP contribution in [0.3, 0.4) is 0 Å². The lowest BCUT2D eigenvalue weighted by Crippen LogP contribution is -2.24. The summed E-state index contributed by atoms with van der Waals surface area (Å²) < 4.78 is 26.7. The Bertz CT molecular complexity index is 514. The fraction of sp³-hybridized carbons (Fsp3) is 0.250. The quantitative estimate of drug-likeness (QED) is 0.921. The van der Waals surface area contributed by atoms with E-state index >= 15 is 0 Å². The molecule has 1 aromatic heterocycles. The van der Waals surface area contributed by atoms with Gasteiger partial charge in [0.05, 0.1) is 17.4 Å². The molecule has 1 aromatic carbocycles. The molecule has 0 aliphatic carbocycles. The van der Waals surface area contributed by atoms with E-state index in [9.17, 15) is 8.78 Å². The van der Waals surface area contributed by atoms with Crippen LogP contribution in [-0.2, 0) is 0 Å². The Hall–Kier alpha value is -1.62. The Balaban J connectivity index is 2.35. The first-order valence-electron chi connectivity index (χ1n) is 5.42. The third-order valence-electron chi connectivity index (χ3n) is 2.47. The van der Waals surface area contributed by atoms with Crippen molar-refractivity contribution in [3.8, 4) is 5.69 Å². The molecular formula is C12H12ClF2N3. The zero-order valence-electron chi connectivity index (χ0n) is 9.65. The first-order valence-corrected chi connectivity index (χ1v) is 5.80. The maximum absolute atomic E-state index is 12.6. The number of alkyl halides is 2. The average Bonchev–Trinajstić information content (AvgIpc) is 2.82. The van der Waals surface area contributed by atoms with Crippen molar-refractivity contribution in [2.24, 2.45) is 0 Å². The Morgan fingerprint density at radius 2 is 2.17 bits per heavy atom. The summed E-state index contributed by atoms with van der Waals surface area (Å²) in [6.45, 7) is 1.42. The second kappa shape index (κ2) is 5.35. The van der Waals surface area contributed by atoms with Crippen LogP contribution in [-0.4, -0.2) is 22.2 Å². The summed E-state index contributed by atoms with van der Waals surface area (Å²) >= 11 is 5.88. The molecule has 0 saturated heterocycles. The van der Waals surface area contributed by atoms with Crippen molar-refractivity contribution in [2.75, 3.05) is 5.32 Å². The van der Waals surface area contributed by atoms with Gasteiger partial charge >= 0.3 is 0 Å². The Morgan fingerprint density at radius 1 is 1.39 bits per heavy atom. The highest BCUT2D eigenvalue weighted by atomic mass is 35.5. The van der Waals surface area contributed by atoms with Gasteiger partial charge in [0.15, 0.2) is 0 Å². The van der Waals surface area contributed by atoms with Crippen molar-refractivity contribution < 1.29 is 8.78 Å². The number of benzene rings is 1.